The van der Waals surface area contributed by atoms with Crippen LogP contribution in [0.5, 0.6) is 0 Å². The van der Waals surface area contributed by atoms with Crippen LogP contribution in [0.1, 0.15) is 33.1 Å². The Morgan fingerprint density at radius 3 is 2.42 bits per heavy atom. The van der Waals surface area contributed by atoms with Gasteiger partial charge in [0.2, 0.25) is 0 Å². The van der Waals surface area contributed by atoms with Crippen molar-refractivity contribution in [2.24, 2.45) is 0 Å². The molecule has 0 fully saturated rings. The van der Waals surface area contributed by atoms with Crippen molar-refractivity contribution in [2.45, 2.75) is 33.1 Å². The van der Waals surface area contributed by atoms with Crippen LogP contribution < -0.4 is 0 Å². The predicted octanol–water partition coefficient (Wildman–Crippen LogP) is 3.33. The Hall–Kier alpha value is -0.110. The molecule has 0 N–H and O–H groups in total. The second-order valence-corrected chi connectivity index (χ2v) is 4.30. The van der Waals surface area contributed by atoms with Gasteiger partial charge in [0, 0.05) is 14.1 Å². The third kappa shape index (κ3) is 5.53. The number of allylic oxidation sites excluding steroid dienone is 1. The molecule has 0 spiro atoms. The summed E-state index contributed by atoms with van der Waals surface area (Å²) in [4.78, 5) is 2.20. The van der Waals surface area contributed by atoms with Crippen LogP contribution in [0, 0.1) is 0 Å². The highest BCUT2D eigenvalue weighted by atomic mass is 32.2. The van der Waals surface area contributed by atoms with Crippen LogP contribution in [-0.4, -0.2) is 24.7 Å². The van der Waals surface area contributed by atoms with Crippen molar-refractivity contribution in [1.82, 2.24) is 4.90 Å². The molecule has 0 aliphatic carbocycles. The maximum absolute atomic E-state index is 2.34. The Morgan fingerprint density at radius 2 is 2.00 bits per heavy atom. The van der Waals surface area contributed by atoms with Crippen LogP contribution in [0.4, 0.5) is 0 Å². The van der Waals surface area contributed by atoms with Crippen LogP contribution in [0.3, 0.4) is 0 Å². The minimum Gasteiger partial charge on any atom is -0.373 e. The van der Waals surface area contributed by atoms with Crippen LogP contribution in [0.25, 0.3) is 0 Å². The normalized spacial score (nSPS) is 11.8. The molecule has 0 rings (SSSR count). The zero-order valence-corrected chi connectivity index (χ0v) is 9.58. The predicted molar refractivity (Wildman–Crippen MR) is 59.4 cm³/mol. The van der Waals surface area contributed by atoms with E-state index in [0.29, 0.717) is 0 Å². The van der Waals surface area contributed by atoms with Gasteiger partial charge in [-0.15, -0.1) is 11.8 Å². The minimum absolute atomic E-state index is 1.16. The molecule has 0 saturated carbocycles. The molecule has 0 aliphatic rings. The van der Waals surface area contributed by atoms with Gasteiger partial charge in [0.1, 0.15) is 0 Å². The average molecular weight is 187 g/mol. The molecule has 0 aromatic carbocycles. The third-order valence-electron chi connectivity index (χ3n) is 1.61. The number of unbranched alkanes of at least 4 members (excludes halogenated alkanes) is 2. The highest BCUT2D eigenvalue weighted by Gasteiger charge is 1.97. The van der Waals surface area contributed by atoms with Crippen molar-refractivity contribution in [3.63, 3.8) is 0 Å². The summed E-state index contributed by atoms with van der Waals surface area (Å²) in [5.74, 6) is 1.16. The molecule has 72 valence electrons. The number of hydrogen-bond acceptors (Lipinski definition) is 2. The molecular formula is C10H21NS. The lowest BCUT2D eigenvalue weighted by Crippen LogP contribution is -2.08. The van der Waals surface area contributed by atoms with Gasteiger partial charge in [-0.1, -0.05) is 26.3 Å². The molecule has 0 heterocycles. The largest absolute Gasteiger partial charge is 0.373 e. The van der Waals surface area contributed by atoms with Crippen molar-refractivity contribution >= 4 is 11.8 Å². The quantitative estimate of drug-likeness (QED) is 0.587. The van der Waals surface area contributed by atoms with E-state index in [0.717, 1.165) is 5.75 Å². The monoisotopic (exact) mass is 187 g/mol. The number of nitrogens with zero attached hydrogens (tertiary/aromatic N) is 1. The first-order valence-corrected chi connectivity index (χ1v) is 5.71. The summed E-state index contributed by atoms with van der Waals surface area (Å²) in [6, 6.07) is 0. The maximum Gasteiger partial charge on any atom is 0.0661 e. The van der Waals surface area contributed by atoms with Gasteiger partial charge in [-0.25, -0.2) is 0 Å². The van der Waals surface area contributed by atoms with Gasteiger partial charge in [-0.3, -0.25) is 0 Å². The fourth-order valence-electron chi connectivity index (χ4n) is 0.948. The minimum atomic E-state index is 1.16. The van der Waals surface area contributed by atoms with Gasteiger partial charge in [-0.05, 0) is 18.6 Å². The van der Waals surface area contributed by atoms with Crippen LogP contribution in [-0.2, 0) is 0 Å². The molecule has 0 aromatic rings. The third-order valence-corrected chi connectivity index (χ3v) is 2.73. The lowest BCUT2D eigenvalue weighted by Gasteiger charge is -2.15. The van der Waals surface area contributed by atoms with E-state index in [4.69, 9.17) is 0 Å². The second kappa shape index (κ2) is 7.53. The second-order valence-electron chi connectivity index (χ2n) is 3.01. The van der Waals surface area contributed by atoms with Gasteiger partial charge in [0.25, 0.3) is 0 Å². The summed E-state index contributed by atoms with van der Waals surface area (Å²) < 4.78 is 0. The SMILES string of the molecule is CCCC/C=C(/SCC)N(C)C. The number of hydrogen-bond donors (Lipinski definition) is 0. The highest BCUT2D eigenvalue weighted by molar-refractivity contribution is 8.02. The zero-order valence-electron chi connectivity index (χ0n) is 8.76. The fourth-order valence-corrected chi connectivity index (χ4v) is 1.74. The van der Waals surface area contributed by atoms with Crippen molar-refractivity contribution in [2.75, 3.05) is 19.8 Å². The molecule has 2 heteroatoms. The van der Waals surface area contributed by atoms with Gasteiger partial charge < -0.3 is 4.90 Å². The van der Waals surface area contributed by atoms with Gasteiger partial charge in [0.05, 0.1) is 5.03 Å². The summed E-state index contributed by atoms with van der Waals surface area (Å²) in [6.07, 6.45) is 6.16. The van der Waals surface area contributed by atoms with E-state index in [1.54, 1.807) is 0 Å². The fraction of sp³-hybridized carbons (Fsp3) is 0.800. The van der Waals surface area contributed by atoms with Crippen molar-refractivity contribution < 1.29 is 0 Å². The van der Waals surface area contributed by atoms with Crippen molar-refractivity contribution in [3.8, 4) is 0 Å². The van der Waals surface area contributed by atoms with Gasteiger partial charge in [-0.2, -0.15) is 0 Å². The van der Waals surface area contributed by atoms with Crippen LogP contribution in [0.15, 0.2) is 11.1 Å². The van der Waals surface area contributed by atoms with E-state index in [1.807, 2.05) is 11.8 Å². The lowest BCUT2D eigenvalue weighted by molar-refractivity contribution is 0.546. The van der Waals surface area contributed by atoms with Crippen LogP contribution >= 0.6 is 11.8 Å². The topological polar surface area (TPSA) is 3.24 Å². The standard InChI is InChI=1S/C10H21NS/c1-5-7-8-9-10(11(3)4)12-6-2/h9H,5-8H2,1-4H3/b10-9+. The Bertz CT molecular complexity index is 130. The summed E-state index contributed by atoms with van der Waals surface area (Å²) in [6.45, 7) is 4.43. The molecule has 1 nitrogen and oxygen atoms in total. The average Bonchev–Trinajstić information content (AvgIpc) is 2.03. The zero-order chi connectivity index (χ0) is 9.40. The number of rotatable bonds is 6. The Labute approximate surface area is 81.2 Å². The maximum atomic E-state index is 2.34. The molecule has 0 atom stereocenters. The van der Waals surface area contributed by atoms with E-state index < -0.39 is 0 Å². The molecular weight excluding hydrogens is 166 g/mol. The van der Waals surface area contributed by atoms with Crippen molar-refractivity contribution in [3.05, 3.63) is 11.1 Å². The first-order valence-electron chi connectivity index (χ1n) is 4.72. The molecule has 0 amide bonds. The Balaban J connectivity index is 3.82. The van der Waals surface area contributed by atoms with Gasteiger partial charge >= 0.3 is 0 Å². The molecule has 0 unspecified atom stereocenters. The van der Waals surface area contributed by atoms with E-state index in [9.17, 15) is 0 Å². The van der Waals surface area contributed by atoms with Crippen LogP contribution in [0.2, 0.25) is 0 Å². The Kier molecular flexibility index (Phi) is 7.47. The van der Waals surface area contributed by atoms with E-state index in [2.05, 4.69) is 38.9 Å². The molecule has 12 heavy (non-hydrogen) atoms. The van der Waals surface area contributed by atoms with Crippen molar-refractivity contribution in [1.29, 1.82) is 0 Å². The lowest BCUT2D eigenvalue weighted by atomic mass is 10.2. The molecule has 0 saturated heterocycles. The first kappa shape index (κ1) is 11.9. The Morgan fingerprint density at radius 1 is 1.33 bits per heavy atom. The highest BCUT2D eigenvalue weighted by Crippen LogP contribution is 2.18. The van der Waals surface area contributed by atoms with E-state index >= 15 is 0 Å². The summed E-state index contributed by atoms with van der Waals surface area (Å²) in [7, 11) is 4.22. The summed E-state index contributed by atoms with van der Waals surface area (Å²) in [5.41, 5.74) is 0. The summed E-state index contributed by atoms with van der Waals surface area (Å²) in [5, 5.41) is 1.41. The van der Waals surface area contributed by atoms with E-state index in [1.165, 1.54) is 24.3 Å². The first-order chi connectivity index (χ1) is 5.72. The molecule has 0 bridgehead atoms. The van der Waals surface area contributed by atoms with Gasteiger partial charge in [0.15, 0.2) is 0 Å². The number of thioether (sulfide) groups is 1. The molecule has 0 radical (unpaired) electrons. The molecule has 0 aromatic heterocycles. The smallest absolute Gasteiger partial charge is 0.0661 e. The molecule has 0 aliphatic heterocycles. The summed E-state index contributed by atoms with van der Waals surface area (Å²) >= 11 is 1.92. The van der Waals surface area contributed by atoms with E-state index in [-0.39, 0.29) is 0 Å².